The number of hydrogen-bond donors (Lipinski definition) is 2. The molecule has 0 bridgehead atoms. The summed E-state index contributed by atoms with van der Waals surface area (Å²) in [6.07, 6.45) is 1.65. The van der Waals surface area contributed by atoms with Gasteiger partial charge in [-0.25, -0.2) is 22.4 Å². The fourth-order valence-corrected chi connectivity index (χ4v) is 7.26. The first-order valence-corrected chi connectivity index (χ1v) is 12.9. The lowest BCUT2D eigenvalue weighted by atomic mass is 10.2. The number of benzene rings is 1. The van der Waals surface area contributed by atoms with Gasteiger partial charge in [0.1, 0.15) is 21.8 Å². The van der Waals surface area contributed by atoms with Crippen molar-refractivity contribution in [3.05, 3.63) is 71.0 Å². The van der Waals surface area contributed by atoms with Gasteiger partial charge in [-0.15, -0.1) is 27.6 Å². The minimum Gasteiger partial charge on any atom is -0.413 e. The number of nitrogens with one attached hydrogen (secondary N) is 1. The third-order valence-corrected chi connectivity index (χ3v) is 9.40. The molecule has 0 saturated carbocycles. The van der Waals surface area contributed by atoms with Crippen molar-refractivity contribution in [2.45, 2.75) is 15.0 Å². The van der Waals surface area contributed by atoms with Gasteiger partial charge in [-0.2, -0.15) is 5.26 Å². The number of sulfonamides is 1. The first-order chi connectivity index (χ1) is 14.2. The highest BCUT2D eigenvalue weighted by molar-refractivity contribution is 7.98. The van der Waals surface area contributed by atoms with E-state index in [9.17, 15) is 22.3 Å². The maximum atomic E-state index is 13.6. The lowest BCUT2D eigenvalue weighted by Gasteiger charge is -2.14. The van der Waals surface area contributed by atoms with E-state index in [0.29, 0.717) is 16.7 Å². The minimum atomic E-state index is -4.89. The van der Waals surface area contributed by atoms with Crippen LogP contribution in [0.15, 0.2) is 64.0 Å². The van der Waals surface area contributed by atoms with E-state index in [1.165, 1.54) is 17.8 Å². The van der Waals surface area contributed by atoms with Crippen molar-refractivity contribution in [1.82, 2.24) is 9.48 Å². The zero-order valence-corrected chi connectivity index (χ0v) is 18.3. The first-order valence-electron chi connectivity index (χ1n) is 8.07. The maximum Gasteiger partial charge on any atom is 0.469 e. The van der Waals surface area contributed by atoms with Crippen molar-refractivity contribution in [2.75, 3.05) is 0 Å². The summed E-state index contributed by atoms with van der Waals surface area (Å²) in [7, 11) is -9.26. The predicted molar refractivity (Wildman–Crippen MR) is 110 cm³/mol. The molecule has 1 unspecified atom stereocenters. The largest absolute Gasteiger partial charge is 0.469 e. The number of thiophene rings is 1. The van der Waals surface area contributed by atoms with Gasteiger partial charge in [-0.1, -0.05) is 6.07 Å². The molecule has 13 heteroatoms. The summed E-state index contributed by atoms with van der Waals surface area (Å²) in [4.78, 5) is 14.8. The Hall–Kier alpha value is -2.26. The van der Waals surface area contributed by atoms with E-state index in [0.717, 1.165) is 28.5 Å². The molecule has 3 rings (SSSR count). The van der Waals surface area contributed by atoms with Crippen molar-refractivity contribution < 1.29 is 26.8 Å². The Balaban J connectivity index is 1.68. The Morgan fingerprint density at radius 3 is 2.77 bits per heavy atom. The molecule has 0 spiro atoms. The molecule has 8 nitrogen and oxygen atoms in total. The number of rotatable bonds is 8. The van der Waals surface area contributed by atoms with Crippen molar-refractivity contribution in [1.29, 1.82) is 5.26 Å². The quantitative estimate of drug-likeness (QED) is 0.363. The van der Waals surface area contributed by atoms with E-state index in [2.05, 4.69) is 4.98 Å². The molecule has 2 N–H and O–H groups in total. The second kappa shape index (κ2) is 9.26. The molecular weight excluding hydrogens is 472 g/mol. The highest BCUT2D eigenvalue weighted by Gasteiger charge is 2.31. The summed E-state index contributed by atoms with van der Waals surface area (Å²) >= 11 is 2.34. The van der Waals surface area contributed by atoms with E-state index in [-0.39, 0.29) is 9.77 Å². The van der Waals surface area contributed by atoms with Crippen LogP contribution < -0.4 is 9.02 Å². The van der Waals surface area contributed by atoms with Gasteiger partial charge in [-0.05, 0) is 36.4 Å². The third kappa shape index (κ3) is 5.89. The Bertz CT molecular complexity index is 1250. The van der Waals surface area contributed by atoms with E-state index < -0.39 is 29.3 Å². The van der Waals surface area contributed by atoms with Crippen molar-refractivity contribution in [3.63, 3.8) is 0 Å². The summed E-state index contributed by atoms with van der Waals surface area (Å²) in [5.74, 6) is -0.903. The number of pyridine rings is 1. The average molecular weight is 485 g/mol. The van der Waals surface area contributed by atoms with Crippen molar-refractivity contribution >= 4 is 40.9 Å². The molecule has 2 heterocycles. The molecule has 0 saturated heterocycles. The van der Waals surface area contributed by atoms with Crippen LogP contribution in [0.2, 0.25) is 0 Å². The molecule has 0 fully saturated rings. The van der Waals surface area contributed by atoms with Crippen LogP contribution in [0.25, 0.3) is 0 Å². The predicted octanol–water partition coefficient (Wildman–Crippen LogP) is 3.90. The van der Waals surface area contributed by atoms with Gasteiger partial charge in [0.05, 0.1) is 10.6 Å². The van der Waals surface area contributed by atoms with Crippen LogP contribution in [-0.4, -0.2) is 18.3 Å². The van der Waals surface area contributed by atoms with Crippen LogP contribution in [0.3, 0.4) is 0 Å². The number of nitriles is 1. The van der Waals surface area contributed by atoms with E-state index in [1.54, 1.807) is 28.9 Å². The molecule has 30 heavy (non-hydrogen) atoms. The van der Waals surface area contributed by atoms with Gasteiger partial charge in [0.2, 0.25) is 0 Å². The van der Waals surface area contributed by atoms with Gasteiger partial charge in [-0.3, -0.25) is 0 Å². The normalized spacial score (nSPS) is 13.4. The fraction of sp³-hybridized carbons (Fsp3) is 0.0588. The number of aromatic nitrogens is 1. The number of nitrogens with zero attached hydrogens (tertiary/aromatic N) is 2. The smallest absolute Gasteiger partial charge is 0.413 e. The minimum absolute atomic E-state index is 0.178. The highest BCUT2D eigenvalue weighted by Crippen LogP contribution is 2.41. The molecule has 0 aliphatic carbocycles. The van der Waals surface area contributed by atoms with Crippen LogP contribution in [0.1, 0.15) is 10.4 Å². The van der Waals surface area contributed by atoms with Crippen LogP contribution in [0.4, 0.5) is 4.39 Å². The Labute approximate surface area is 180 Å². The lowest BCUT2D eigenvalue weighted by molar-refractivity contribution is 0.373. The van der Waals surface area contributed by atoms with E-state index in [4.69, 9.17) is 9.79 Å². The molecular formula is C17H13FN3O5PS3. The molecule has 1 atom stereocenters. The third-order valence-electron chi connectivity index (χ3n) is 3.43. The van der Waals surface area contributed by atoms with E-state index in [1.807, 2.05) is 12.1 Å². The Kier molecular flexibility index (Phi) is 6.92. The van der Waals surface area contributed by atoms with Gasteiger partial charge in [0.15, 0.2) is 0 Å². The number of hydrogen-bond acceptors (Lipinski definition) is 8. The Morgan fingerprint density at radius 1 is 1.30 bits per heavy atom. The van der Waals surface area contributed by atoms with Gasteiger partial charge in [0.25, 0.3) is 10.0 Å². The highest BCUT2D eigenvalue weighted by atomic mass is 32.3. The zero-order valence-electron chi connectivity index (χ0n) is 14.9. The number of thioether (sulfide) groups is 1. The topological polar surface area (TPSA) is 129 Å². The fourth-order valence-electron chi connectivity index (χ4n) is 2.16. The molecule has 3 aromatic rings. The monoisotopic (exact) mass is 485 g/mol. The van der Waals surface area contributed by atoms with Gasteiger partial charge in [0, 0.05) is 22.9 Å². The van der Waals surface area contributed by atoms with Crippen LogP contribution in [0.5, 0.6) is 5.75 Å². The first kappa shape index (κ1) is 22.4. The second-order valence-corrected chi connectivity index (χ2v) is 11.5. The van der Waals surface area contributed by atoms with Gasteiger partial charge >= 0.3 is 7.75 Å². The van der Waals surface area contributed by atoms with Crippen LogP contribution in [0, 0.1) is 17.1 Å². The Morgan fingerprint density at radius 2 is 2.10 bits per heavy atom. The zero-order chi connectivity index (χ0) is 21.8. The number of halogens is 1. The van der Waals surface area contributed by atoms with Crippen molar-refractivity contribution in [3.8, 4) is 11.8 Å². The lowest BCUT2D eigenvalue weighted by Crippen LogP contribution is -2.22. The summed E-state index contributed by atoms with van der Waals surface area (Å²) in [5, 5.41) is 9.47. The van der Waals surface area contributed by atoms with Crippen LogP contribution >= 0.6 is 30.8 Å². The molecule has 2 aromatic heterocycles. The molecule has 1 aromatic carbocycles. The average Bonchev–Trinajstić information content (AvgIpc) is 3.16. The van der Waals surface area contributed by atoms with Crippen molar-refractivity contribution in [2.24, 2.45) is 0 Å². The SMILES string of the molecule is N#Cc1ccc(OP(=O)(O)NS(=O)(=O)c2ccc(CSc3ccccn3)s2)cc1F. The molecule has 0 radical (unpaired) electrons. The van der Waals surface area contributed by atoms with E-state index >= 15 is 0 Å². The van der Waals surface area contributed by atoms with Crippen LogP contribution in [-0.2, 0) is 20.3 Å². The molecule has 0 amide bonds. The summed E-state index contributed by atoms with van der Waals surface area (Å²) in [6.45, 7) is 0. The summed E-state index contributed by atoms with van der Waals surface area (Å²) in [5.41, 5.74) is -0.287. The maximum absolute atomic E-state index is 13.6. The summed E-state index contributed by atoms with van der Waals surface area (Å²) < 4.78 is 56.8. The second-order valence-electron chi connectivity index (χ2n) is 5.64. The van der Waals surface area contributed by atoms with Gasteiger partial charge < -0.3 is 9.42 Å². The summed E-state index contributed by atoms with van der Waals surface area (Å²) in [6, 6.07) is 12.8. The molecule has 0 aliphatic heterocycles. The molecule has 0 aliphatic rings. The standard InChI is InChI=1S/C17H13FN3O5PS3/c18-15-9-13(5-4-12(15)10-19)26-27(22,23)21-30(24,25)17-7-6-14(29-17)11-28-16-3-1-2-8-20-16/h1-9H,11H2,(H2,21,22,23). The molecule has 156 valence electrons.